The molecule has 0 fully saturated rings. The predicted molar refractivity (Wildman–Crippen MR) is 43.3 cm³/mol. The zero-order valence-corrected chi connectivity index (χ0v) is 6.90. The van der Waals surface area contributed by atoms with E-state index in [1.807, 2.05) is 18.2 Å². The van der Waals surface area contributed by atoms with Gasteiger partial charge in [-0.05, 0) is 31.0 Å². The third-order valence-electron chi connectivity index (χ3n) is 1.22. The lowest BCUT2D eigenvalue weighted by Gasteiger charge is -1.96. The van der Waals surface area contributed by atoms with Crippen molar-refractivity contribution in [2.24, 2.45) is 0 Å². The Balaban J connectivity index is 3.17. The summed E-state index contributed by atoms with van der Waals surface area (Å²) in [6, 6.07) is 6.04. The average molecular weight is 184 g/mol. The van der Waals surface area contributed by atoms with Crippen LogP contribution in [0.3, 0.4) is 0 Å². The predicted octanol–water partition coefficient (Wildman–Crippen LogP) is 2.94. The summed E-state index contributed by atoms with van der Waals surface area (Å²) < 4.78 is 1.15. The van der Waals surface area contributed by atoms with E-state index in [4.69, 9.17) is 0 Å². The molecule has 0 bridgehead atoms. The highest BCUT2D eigenvalue weighted by Crippen LogP contribution is 2.15. The molecule has 0 saturated carbocycles. The summed E-state index contributed by atoms with van der Waals surface area (Å²) in [5.41, 5.74) is 2.30. The van der Waals surface area contributed by atoms with E-state index >= 15 is 0 Å². The summed E-state index contributed by atoms with van der Waals surface area (Å²) >= 11 is 3.40. The fourth-order valence-corrected chi connectivity index (χ4v) is 0.953. The third kappa shape index (κ3) is 1.55. The first-order valence-electron chi connectivity index (χ1n) is 2.78. The second kappa shape index (κ2) is 2.53. The van der Waals surface area contributed by atoms with Crippen LogP contribution < -0.4 is 0 Å². The highest BCUT2D eigenvalue weighted by Gasteiger charge is 1.90. The Bertz CT molecular complexity index is 216. The molecular weight excluding hydrogens is 176 g/mol. The lowest BCUT2D eigenvalue weighted by atomic mass is 10.2. The van der Waals surface area contributed by atoms with E-state index in [-0.39, 0.29) is 0 Å². The molecule has 1 radical (unpaired) electrons. The zero-order valence-electron chi connectivity index (χ0n) is 5.32. The molecule has 0 aliphatic heterocycles. The van der Waals surface area contributed by atoms with E-state index in [0.717, 1.165) is 10.0 Å². The molecule has 1 heteroatoms. The molecule has 0 amide bonds. The summed E-state index contributed by atoms with van der Waals surface area (Å²) in [5.74, 6) is 0. The minimum Gasteiger partial charge on any atom is -0.0579 e. The number of benzene rings is 1. The van der Waals surface area contributed by atoms with E-state index in [2.05, 4.69) is 29.8 Å². The molecule has 0 aliphatic carbocycles. The molecule has 9 heavy (non-hydrogen) atoms. The van der Waals surface area contributed by atoms with E-state index in [9.17, 15) is 0 Å². The SMILES string of the molecule is [CH2]c1ccc(Br)c(C)c1. The first-order valence-corrected chi connectivity index (χ1v) is 3.57. The smallest absolute Gasteiger partial charge is 0.0204 e. The Labute approximate surface area is 64.0 Å². The molecule has 0 atom stereocenters. The van der Waals surface area contributed by atoms with Gasteiger partial charge in [-0.15, -0.1) is 0 Å². The Morgan fingerprint density at radius 3 is 2.56 bits per heavy atom. The van der Waals surface area contributed by atoms with Crippen molar-refractivity contribution < 1.29 is 0 Å². The van der Waals surface area contributed by atoms with E-state index in [1.54, 1.807) is 0 Å². The second-order valence-corrected chi connectivity index (χ2v) is 2.94. The molecule has 0 unspecified atom stereocenters. The van der Waals surface area contributed by atoms with Crippen LogP contribution in [0.25, 0.3) is 0 Å². The largest absolute Gasteiger partial charge is 0.0579 e. The second-order valence-electron chi connectivity index (χ2n) is 2.08. The van der Waals surface area contributed by atoms with Crippen LogP contribution in [-0.2, 0) is 0 Å². The van der Waals surface area contributed by atoms with Crippen LogP contribution in [0.15, 0.2) is 22.7 Å². The standard InChI is InChI=1S/C8H8Br/c1-6-3-4-8(9)7(2)5-6/h3-5H,1H2,2H3. The van der Waals surface area contributed by atoms with Gasteiger partial charge in [0.1, 0.15) is 0 Å². The molecule has 0 aliphatic rings. The van der Waals surface area contributed by atoms with Gasteiger partial charge in [-0.1, -0.05) is 28.1 Å². The number of aryl methyl sites for hydroxylation is 1. The molecule has 47 valence electrons. The molecule has 1 aromatic rings. The quantitative estimate of drug-likeness (QED) is 0.581. The van der Waals surface area contributed by atoms with Crippen molar-refractivity contribution in [1.82, 2.24) is 0 Å². The van der Waals surface area contributed by atoms with E-state index in [1.165, 1.54) is 5.56 Å². The maximum atomic E-state index is 3.80. The molecule has 1 rings (SSSR count). The highest BCUT2D eigenvalue weighted by atomic mass is 79.9. The Morgan fingerprint density at radius 1 is 1.44 bits per heavy atom. The van der Waals surface area contributed by atoms with Gasteiger partial charge in [0.05, 0.1) is 0 Å². The van der Waals surface area contributed by atoms with Gasteiger partial charge in [0.15, 0.2) is 0 Å². The molecule has 0 N–H and O–H groups in total. The summed E-state index contributed by atoms with van der Waals surface area (Å²) in [5, 5.41) is 0. The van der Waals surface area contributed by atoms with Crippen LogP contribution in [0.5, 0.6) is 0 Å². The van der Waals surface area contributed by atoms with Gasteiger partial charge in [0.2, 0.25) is 0 Å². The summed E-state index contributed by atoms with van der Waals surface area (Å²) in [6.45, 7) is 5.86. The molecule has 0 spiro atoms. The zero-order chi connectivity index (χ0) is 6.85. The van der Waals surface area contributed by atoms with Gasteiger partial charge in [-0.25, -0.2) is 0 Å². The number of halogens is 1. The Kier molecular flexibility index (Phi) is 1.91. The van der Waals surface area contributed by atoms with Gasteiger partial charge < -0.3 is 0 Å². The number of hydrogen-bond donors (Lipinski definition) is 0. The van der Waals surface area contributed by atoms with E-state index < -0.39 is 0 Å². The fraction of sp³-hybridized carbons (Fsp3) is 0.125. The Morgan fingerprint density at radius 2 is 2.11 bits per heavy atom. The lowest BCUT2D eigenvalue weighted by Crippen LogP contribution is -1.76. The van der Waals surface area contributed by atoms with Crippen LogP contribution in [0, 0.1) is 13.8 Å². The molecule has 0 heterocycles. The van der Waals surface area contributed by atoms with Crippen molar-refractivity contribution in [3.05, 3.63) is 40.7 Å². The van der Waals surface area contributed by atoms with Gasteiger partial charge in [-0.2, -0.15) is 0 Å². The van der Waals surface area contributed by atoms with Crippen molar-refractivity contribution in [1.29, 1.82) is 0 Å². The summed E-state index contributed by atoms with van der Waals surface area (Å²) in [7, 11) is 0. The van der Waals surface area contributed by atoms with Gasteiger partial charge in [-0.3, -0.25) is 0 Å². The fourth-order valence-electron chi connectivity index (χ4n) is 0.707. The molecule has 0 nitrogen and oxygen atoms in total. The Hall–Kier alpha value is -0.300. The normalized spacial score (nSPS) is 9.67. The first kappa shape index (κ1) is 6.81. The van der Waals surface area contributed by atoms with Crippen LogP contribution in [0.4, 0.5) is 0 Å². The maximum absolute atomic E-state index is 3.80. The van der Waals surface area contributed by atoms with Crippen LogP contribution in [0.2, 0.25) is 0 Å². The van der Waals surface area contributed by atoms with Crippen molar-refractivity contribution in [2.45, 2.75) is 6.92 Å². The third-order valence-corrected chi connectivity index (χ3v) is 2.11. The van der Waals surface area contributed by atoms with Crippen LogP contribution >= 0.6 is 15.9 Å². The van der Waals surface area contributed by atoms with Crippen LogP contribution in [-0.4, -0.2) is 0 Å². The molecule has 1 aromatic carbocycles. The maximum Gasteiger partial charge on any atom is 0.0204 e. The molecule has 0 aromatic heterocycles. The minimum absolute atomic E-state index is 1.07. The van der Waals surface area contributed by atoms with Crippen molar-refractivity contribution in [2.75, 3.05) is 0 Å². The van der Waals surface area contributed by atoms with Crippen molar-refractivity contribution in [3.8, 4) is 0 Å². The van der Waals surface area contributed by atoms with Gasteiger partial charge >= 0.3 is 0 Å². The van der Waals surface area contributed by atoms with Gasteiger partial charge in [0, 0.05) is 4.47 Å². The monoisotopic (exact) mass is 183 g/mol. The summed E-state index contributed by atoms with van der Waals surface area (Å²) in [6.07, 6.45) is 0. The first-order chi connectivity index (χ1) is 4.20. The molecular formula is C8H8Br. The van der Waals surface area contributed by atoms with Crippen molar-refractivity contribution >= 4 is 15.9 Å². The summed E-state index contributed by atoms with van der Waals surface area (Å²) in [4.78, 5) is 0. The average Bonchev–Trinajstić information content (AvgIpc) is 1.80. The topological polar surface area (TPSA) is 0 Å². The van der Waals surface area contributed by atoms with Gasteiger partial charge in [0.25, 0.3) is 0 Å². The molecule has 0 saturated heterocycles. The minimum atomic E-state index is 1.07. The lowest BCUT2D eigenvalue weighted by molar-refractivity contribution is 1.41. The van der Waals surface area contributed by atoms with Crippen LogP contribution in [0.1, 0.15) is 11.1 Å². The highest BCUT2D eigenvalue weighted by molar-refractivity contribution is 9.10. The van der Waals surface area contributed by atoms with E-state index in [0.29, 0.717) is 0 Å². The number of rotatable bonds is 0. The van der Waals surface area contributed by atoms with Crippen molar-refractivity contribution in [3.63, 3.8) is 0 Å². The number of hydrogen-bond acceptors (Lipinski definition) is 0.